The molecule has 1 saturated heterocycles. The molecule has 0 saturated carbocycles. The topological polar surface area (TPSA) is 41.1 Å². The van der Waals surface area contributed by atoms with Gasteiger partial charge in [0.2, 0.25) is 5.91 Å². The largest absolute Gasteiger partial charge is 0.326 e. The normalized spacial score (nSPS) is 23.7. The fourth-order valence-electron chi connectivity index (χ4n) is 2.37. The number of halogens is 1. The molecule has 0 aliphatic carbocycles. The van der Waals surface area contributed by atoms with Gasteiger partial charge in [-0.2, -0.15) is 0 Å². The van der Waals surface area contributed by atoms with Gasteiger partial charge in [0.1, 0.15) is 0 Å². The first-order valence-electron chi connectivity index (χ1n) is 6.36. The number of piperidine rings is 1. The summed E-state index contributed by atoms with van der Waals surface area (Å²) in [6.45, 7) is 4.98. The molecule has 1 aromatic rings. The predicted octanol–water partition coefficient (Wildman–Crippen LogP) is 2.98. The highest BCUT2D eigenvalue weighted by Gasteiger charge is 2.24. The number of hydrogen-bond donors (Lipinski definition) is 2. The second-order valence-electron chi connectivity index (χ2n) is 5.02. The zero-order valence-corrected chi connectivity index (χ0v) is 11.6. The van der Waals surface area contributed by atoms with Crippen LogP contribution in [0.15, 0.2) is 18.2 Å². The smallest absolute Gasteiger partial charge is 0.227 e. The van der Waals surface area contributed by atoms with Gasteiger partial charge >= 0.3 is 0 Å². The van der Waals surface area contributed by atoms with Crippen molar-refractivity contribution in [2.24, 2.45) is 5.92 Å². The van der Waals surface area contributed by atoms with Crippen LogP contribution in [0.4, 0.5) is 5.69 Å². The second kappa shape index (κ2) is 5.72. The van der Waals surface area contributed by atoms with Gasteiger partial charge in [0, 0.05) is 22.7 Å². The number of carbonyl (C=O) groups excluding carboxylic acids is 1. The third kappa shape index (κ3) is 3.24. The predicted molar refractivity (Wildman–Crippen MR) is 75.0 cm³/mol. The molecule has 18 heavy (non-hydrogen) atoms. The summed E-state index contributed by atoms with van der Waals surface area (Å²) in [6.07, 6.45) is 1.81. The molecular formula is C14H19ClN2O. The molecule has 2 N–H and O–H groups in total. The Bertz CT molecular complexity index is 447. The fourth-order valence-corrected chi connectivity index (χ4v) is 2.60. The average molecular weight is 267 g/mol. The van der Waals surface area contributed by atoms with Crippen molar-refractivity contribution in [3.05, 3.63) is 28.8 Å². The van der Waals surface area contributed by atoms with E-state index in [9.17, 15) is 4.79 Å². The maximum absolute atomic E-state index is 12.2. The van der Waals surface area contributed by atoms with E-state index in [1.165, 1.54) is 0 Å². The van der Waals surface area contributed by atoms with Gasteiger partial charge in [-0.1, -0.05) is 11.6 Å². The zero-order valence-electron chi connectivity index (χ0n) is 10.8. The van der Waals surface area contributed by atoms with Crippen molar-refractivity contribution >= 4 is 23.2 Å². The molecule has 1 aliphatic heterocycles. The Labute approximate surface area is 113 Å². The Kier molecular flexibility index (Phi) is 4.25. The van der Waals surface area contributed by atoms with Crippen molar-refractivity contribution in [3.8, 4) is 0 Å². The van der Waals surface area contributed by atoms with Crippen molar-refractivity contribution in [1.82, 2.24) is 5.32 Å². The van der Waals surface area contributed by atoms with Gasteiger partial charge in [0.05, 0.1) is 0 Å². The van der Waals surface area contributed by atoms with Gasteiger partial charge in [-0.3, -0.25) is 4.79 Å². The molecule has 2 atom stereocenters. The second-order valence-corrected chi connectivity index (χ2v) is 5.46. The van der Waals surface area contributed by atoms with E-state index in [-0.39, 0.29) is 11.8 Å². The van der Waals surface area contributed by atoms with E-state index in [2.05, 4.69) is 17.6 Å². The van der Waals surface area contributed by atoms with E-state index in [4.69, 9.17) is 11.6 Å². The number of benzene rings is 1. The van der Waals surface area contributed by atoms with Gasteiger partial charge in [0.25, 0.3) is 0 Å². The Balaban J connectivity index is 2.02. The zero-order chi connectivity index (χ0) is 13.1. The summed E-state index contributed by atoms with van der Waals surface area (Å²) in [5.41, 5.74) is 1.86. The molecule has 0 radical (unpaired) electrons. The summed E-state index contributed by atoms with van der Waals surface area (Å²) in [6, 6.07) is 5.94. The molecule has 1 heterocycles. The molecule has 98 valence electrons. The molecule has 3 nitrogen and oxygen atoms in total. The molecule has 0 aromatic heterocycles. The quantitative estimate of drug-likeness (QED) is 0.864. The third-order valence-corrected chi connectivity index (χ3v) is 3.68. The van der Waals surface area contributed by atoms with E-state index in [0.29, 0.717) is 11.1 Å². The van der Waals surface area contributed by atoms with Crippen LogP contribution in [0.25, 0.3) is 0 Å². The van der Waals surface area contributed by atoms with Crippen molar-refractivity contribution in [2.75, 3.05) is 11.9 Å². The summed E-state index contributed by atoms with van der Waals surface area (Å²) in [5.74, 6) is 0.227. The highest BCUT2D eigenvalue weighted by atomic mass is 35.5. The lowest BCUT2D eigenvalue weighted by Gasteiger charge is -2.27. The maximum Gasteiger partial charge on any atom is 0.227 e. The minimum atomic E-state index is 0.108. The van der Waals surface area contributed by atoms with Crippen molar-refractivity contribution < 1.29 is 4.79 Å². The number of hydrogen-bond acceptors (Lipinski definition) is 2. The lowest BCUT2D eigenvalue weighted by molar-refractivity contribution is -0.120. The Morgan fingerprint density at radius 2 is 2.28 bits per heavy atom. The summed E-state index contributed by atoms with van der Waals surface area (Å²) in [7, 11) is 0. The van der Waals surface area contributed by atoms with Gasteiger partial charge in [-0.25, -0.2) is 0 Å². The molecule has 1 fully saturated rings. The van der Waals surface area contributed by atoms with Crippen LogP contribution in [0.5, 0.6) is 0 Å². The van der Waals surface area contributed by atoms with Gasteiger partial charge in [0.15, 0.2) is 0 Å². The first-order valence-corrected chi connectivity index (χ1v) is 6.74. The summed E-state index contributed by atoms with van der Waals surface area (Å²) < 4.78 is 0. The van der Waals surface area contributed by atoms with Crippen molar-refractivity contribution in [2.45, 2.75) is 32.7 Å². The van der Waals surface area contributed by atoms with Crippen molar-refractivity contribution in [1.29, 1.82) is 0 Å². The number of nitrogens with one attached hydrogen (secondary N) is 2. The van der Waals surface area contributed by atoms with Crippen LogP contribution >= 0.6 is 11.6 Å². The monoisotopic (exact) mass is 266 g/mol. The van der Waals surface area contributed by atoms with Crippen LogP contribution in [0.1, 0.15) is 25.3 Å². The fraction of sp³-hybridized carbons (Fsp3) is 0.500. The summed E-state index contributed by atoms with van der Waals surface area (Å²) in [4.78, 5) is 12.2. The van der Waals surface area contributed by atoms with Gasteiger partial charge in [-0.15, -0.1) is 0 Å². The van der Waals surface area contributed by atoms with E-state index in [0.717, 1.165) is 30.6 Å². The third-order valence-electron chi connectivity index (χ3n) is 3.44. The first kappa shape index (κ1) is 13.4. The Morgan fingerprint density at radius 3 is 2.94 bits per heavy atom. The van der Waals surface area contributed by atoms with Crippen LogP contribution < -0.4 is 10.6 Å². The molecular weight excluding hydrogens is 248 g/mol. The molecule has 0 bridgehead atoms. The van der Waals surface area contributed by atoms with Crippen molar-refractivity contribution in [3.63, 3.8) is 0 Å². The minimum Gasteiger partial charge on any atom is -0.326 e. The number of amides is 1. The van der Waals surface area contributed by atoms with E-state index < -0.39 is 0 Å². The van der Waals surface area contributed by atoms with Gasteiger partial charge < -0.3 is 10.6 Å². The van der Waals surface area contributed by atoms with Crippen LogP contribution in [0, 0.1) is 12.8 Å². The standard InChI is InChI=1S/C14H19ClN2O/c1-9-7-12(15)3-4-13(9)17-14(18)11-5-6-16-10(2)8-11/h3-4,7,10-11,16H,5-6,8H2,1-2H3,(H,17,18)/t10-,11-/m0/s1. The Morgan fingerprint density at radius 1 is 1.50 bits per heavy atom. The Hall–Kier alpha value is -1.06. The highest BCUT2D eigenvalue weighted by Crippen LogP contribution is 2.22. The molecule has 4 heteroatoms. The number of anilines is 1. The van der Waals surface area contributed by atoms with E-state index in [1.807, 2.05) is 19.1 Å². The van der Waals surface area contributed by atoms with Crippen LogP contribution in [0.2, 0.25) is 5.02 Å². The number of aryl methyl sites for hydroxylation is 1. The van der Waals surface area contributed by atoms with Gasteiger partial charge in [-0.05, 0) is 57.0 Å². The van der Waals surface area contributed by atoms with Crippen LogP contribution in [-0.4, -0.2) is 18.5 Å². The maximum atomic E-state index is 12.2. The lowest BCUT2D eigenvalue weighted by atomic mass is 9.92. The average Bonchev–Trinajstić information content (AvgIpc) is 2.32. The SMILES string of the molecule is Cc1cc(Cl)ccc1NC(=O)[C@H]1CCN[C@@H](C)C1. The van der Waals surface area contributed by atoms with Crippen LogP contribution in [0.3, 0.4) is 0 Å². The number of carbonyl (C=O) groups is 1. The summed E-state index contributed by atoms with van der Waals surface area (Å²) in [5, 5.41) is 7.05. The molecule has 2 rings (SSSR count). The lowest BCUT2D eigenvalue weighted by Crippen LogP contribution is -2.40. The van der Waals surface area contributed by atoms with E-state index in [1.54, 1.807) is 6.07 Å². The van der Waals surface area contributed by atoms with Crippen LogP contribution in [-0.2, 0) is 4.79 Å². The minimum absolute atomic E-state index is 0.108. The first-order chi connectivity index (χ1) is 8.56. The molecule has 0 spiro atoms. The summed E-state index contributed by atoms with van der Waals surface area (Å²) >= 11 is 5.90. The number of rotatable bonds is 2. The molecule has 1 aromatic carbocycles. The highest BCUT2D eigenvalue weighted by molar-refractivity contribution is 6.30. The van der Waals surface area contributed by atoms with E-state index >= 15 is 0 Å². The molecule has 0 unspecified atom stereocenters. The molecule has 1 amide bonds. The molecule has 1 aliphatic rings.